The summed E-state index contributed by atoms with van der Waals surface area (Å²) in [6, 6.07) is 17.9. The van der Waals surface area contributed by atoms with Gasteiger partial charge < -0.3 is 10.1 Å². The number of halogens is 1. The average Bonchev–Trinajstić information content (AvgIpc) is 2.71. The van der Waals surface area contributed by atoms with Crippen molar-refractivity contribution in [2.75, 3.05) is 16.6 Å². The lowest BCUT2D eigenvalue weighted by atomic mass is 10.1. The van der Waals surface area contributed by atoms with Crippen LogP contribution in [-0.2, 0) is 10.0 Å². The molecule has 8 heteroatoms. The summed E-state index contributed by atoms with van der Waals surface area (Å²) >= 11 is 6.13. The Hall–Kier alpha value is -3.03. The summed E-state index contributed by atoms with van der Waals surface area (Å²) in [6.07, 6.45) is 0. The van der Waals surface area contributed by atoms with Crippen molar-refractivity contribution < 1.29 is 17.9 Å². The van der Waals surface area contributed by atoms with Gasteiger partial charge in [-0.25, -0.2) is 8.42 Å². The predicted molar refractivity (Wildman–Crippen MR) is 119 cm³/mol. The van der Waals surface area contributed by atoms with Crippen LogP contribution in [0.1, 0.15) is 22.8 Å². The maximum atomic E-state index is 12.9. The fourth-order valence-electron chi connectivity index (χ4n) is 2.75. The van der Waals surface area contributed by atoms with Gasteiger partial charge in [-0.3, -0.25) is 9.52 Å². The van der Waals surface area contributed by atoms with E-state index in [0.717, 1.165) is 5.56 Å². The van der Waals surface area contributed by atoms with E-state index in [1.54, 1.807) is 36.4 Å². The molecule has 3 aromatic carbocycles. The number of amides is 1. The number of rotatable bonds is 7. The standard InChI is InChI=1S/C22H21ClN2O4S/c1-3-29-18-11-9-17(10-12-18)25-30(27,28)21-14-16(8-13-19(21)23)22(26)24-20-7-5-4-6-15(20)2/h4-14,25H,3H2,1-2H3,(H,24,26). The third-order valence-corrected chi connectivity index (χ3v) is 6.16. The molecule has 0 aliphatic rings. The minimum atomic E-state index is -4.01. The molecule has 2 N–H and O–H groups in total. The first-order chi connectivity index (χ1) is 14.3. The Morgan fingerprint density at radius 3 is 2.40 bits per heavy atom. The molecular weight excluding hydrogens is 424 g/mol. The molecule has 1 amide bonds. The first-order valence-electron chi connectivity index (χ1n) is 9.22. The number of carbonyl (C=O) groups excluding carboxylic acids is 1. The molecule has 0 aliphatic carbocycles. The molecule has 0 spiro atoms. The Morgan fingerprint density at radius 1 is 1.03 bits per heavy atom. The molecule has 30 heavy (non-hydrogen) atoms. The van der Waals surface area contributed by atoms with Crippen molar-refractivity contribution in [1.82, 2.24) is 0 Å². The van der Waals surface area contributed by atoms with Crippen LogP contribution in [0.25, 0.3) is 0 Å². The van der Waals surface area contributed by atoms with Crippen LogP contribution in [0.15, 0.2) is 71.6 Å². The van der Waals surface area contributed by atoms with Crippen LogP contribution >= 0.6 is 11.6 Å². The van der Waals surface area contributed by atoms with Gasteiger partial charge in [0.1, 0.15) is 10.6 Å². The van der Waals surface area contributed by atoms with E-state index in [9.17, 15) is 13.2 Å². The predicted octanol–water partition coefficient (Wildman–Crippen LogP) is 5.10. The van der Waals surface area contributed by atoms with Crippen LogP contribution in [-0.4, -0.2) is 20.9 Å². The fraction of sp³-hybridized carbons (Fsp3) is 0.136. The van der Waals surface area contributed by atoms with E-state index in [2.05, 4.69) is 10.0 Å². The number of aryl methyl sites for hydroxylation is 1. The van der Waals surface area contributed by atoms with E-state index in [4.69, 9.17) is 16.3 Å². The lowest BCUT2D eigenvalue weighted by molar-refractivity contribution is 0.102. The fourth-order valence-corrected chi connectivity index (χ4v) is 4.34. The molecule has 0 radical (unpaired) electrons. The highest BCUT2D eigenvalue weighted by Crippen LogP contribution is 2.26. The molecule has 156 valence electrons. The Labute approximate surface area is 180 Å². The second kappa shape index (κ2) is 9.19. The first kappa shape index (κ1) is 21.7. The number of hydrogen-bond donors (Lipinski definition) is 2. The van der Waals surface area contributed by atoms with Gasteiger partial charge in [0, 0.05) is 16.9 Å². The van der Waals surface area contributed by atoms with Gasteiger partial charge in [-0.2, -0.15) is 0 Å². The SMILES string of the molecule is CCOc1ccc(NS(=O)(=O)c2cc(C(=O)Nc3ccccc3C)ccc2Cl)cc1. The highest BCUT2D eigenvalue weighted by Gasteiger charge is 2.21. The summed E-state index contributed by atoms with van der Waals surface area (Å²) in [5.74, 6) is 0.201. The second-order valence-corrected chi connectivity index (χ2v) is 8.54. The first-order valence-corrected chi connectivity index (χ1v) is 11.1. The Balaban J connectivity index is 1.84. The molecule has 0 atom stereocenters. The van der Waals surface area contributed by atoms with Crippen molar-refractivity contribution in [3.05, 3.63) is 82.9 Å². The summed E-state index contributed by atoms with van der Waals surface area (Å²) in [6.45, 7) is 4.24. The number of carbonyl (C=O) groups is 1. The minimum Gasteiger partial charge on any atom is -0.494 e. The third-order valence-electron chi connectivity index (χ3n) is 4.29. The van der Waals surface area contributed by atoms with E-state index >= 15 is 0 Å². The van der Waals surface area contributed by atoms with Crippen molar-refractivity contribution in [3.63, 3.8) is 0 Å². The Morgan fingerprint density at radius 2 is 1.73 bits per heavy atom. The smallest absolute Gasteiger partial charge is 0.263 e. The molecule has 0 heterocycles. The summed E-state index contributed by atoms with van der Waals surface area (Å²) < 4.78 is 33.5. The van der Waals surface area contributed by atoms with Crippen LogP contribution < -0.4 is 14.8 Å². The van der Waals surface area contributed by atoms with Crippen LogP contribution in [0.3, 0.4) is 0 Å². The zero-order valence-corrected chi connectivity index (χ0v) is 18.0. The number of sulfonamides is 1. The maximum Gasteiger partial charge on any atom is 0.263 e. The zero-order chi connectivity index (χ0) is 21.7. The van der Waals surface area contributed by atoms with Crippen LogP contribution in [0.5, 0.6) is 5.75 Å². The quantitative estimate of drug-likeness (QED) is 0.531. The summed E-state index contributed by atoms with van der Waals surface area (Å²) in [5, 5.41) is 2.80. The monoisotopic (exact) mass is 444 g/mol. The van der Waals surface area contributed by atoms with Gasteiger partial charge in [0.15, 0.2) is 0 Å². The molecule has 6 nitrogen and oxygen atoms in total. The van der Waals surface area contributed by atoms with Gasteiger partial charge in [-0.1, -0.05) is 29.8 Å². The van der Waals surface area contributed by atoms with E-state index in [0.29, 0.717) is 23.7 Å². The topological polar surface area (TPSA) is 84.5 Å². The number of ether oxygens (including phenoxy) is 1. The minimum absolute atomic E-state index is 0.0147. The molecule has 3 aromatic rings. The van der Waals surface area contributed by atoms with Crippen LogP contribution in [0.2, 0.25) is 5.02 Å². The van der Waals surface area contributed by atoms with E-state index in [1.807, 2.05) is 26.0 Å². The molecular formula is C22H21ClN2O4S. The van der Waals surface area contributed by atoms with Gasteiger partial charge in [-0.05, 0) is 67.9 Å². The largest absolute Gasteiger partial charge is 0.494 e. The maximum absolute atomic E-state index is 12.9. The normalized spacial score (nSPS) is 11.0. The number of nitrogens with one attached hydrogen (secondary N) is 2. The molecule has 0 unspecified atom stereocenters. The van der Waals surface area contributed by atoms with Crippen LogP contribution in [0.4, 0.5) is 11.4 Å². The number of hydrogen-bond acceptors (Lipinski definition) is 4. The molecule has 3 rings (SSSR count). The Kier molecular flexibility index (Phi) is 6.64. The van der Waals surface area contributed by atoms with E-state index in [1.165, 1.54) is 18.2 Å². The number of para-hydroxylation sites is 1. The number of benzene rings is 3. The van der Waals surface area contributed by atoms with Crippen LogP contribution in [0, 0.1) is 6.92 Å². The zero-order valence-electron chi connectivity index (χ0n) is 16.5. The van der Waals surface area contributed by atoms with E-state index in [-0.39, 0.29) is 15.5 Å². The number of anilines is 2. The van der Waals surface area contributed by atoms with Gasteiger partial charge in [0.25, 0.3) is 15.9 Å². The lowest BCUT2D eigenvalue weighted by Gasteiger charge is -2.12. The van der Waals surface area contributed by atoms with Crippen molar-refractivity contribution in [3.8, 4) is 5.75 Å². The highest BCUT2D eigenvalue weighted by atomic mass is 35.5. The molecule has 0 saturated carbocycles. The van der Waals surface area contributed by atoms with Gasteiger partial charge in [0.2, 0.25) is 0 Å². The van der Waals surface area contributed by atoms with Crippen molar-refractivity contribution in [2.24, 2.45) is 0 Å². The summed E-state index contributed by atoms with van der Waals surface area (Å²) in [5.41, 5.74) is 2.07. The van der Waals surface area contributed by atoms with Crippen molar-refractivity contribution >= 4 is 38.9 Å². The van der Waals surface area contributed by atoms with Gasteiger partial charge in [-0.15, -0.1) is 0 Å². The summed E-state index contributed by atoms with van der Waals surface area (Å²) in [4.78, 5) is 12.4. The average molecular weight is 445 g/mol. The van der Waals surface area contributed by atoms with E-state index < -0.39 is 15.9 Å². The van der Waals surface area contributed by atoms with Crippen molar-refractivity contribution in [2.45, 2.75) is 18.7 Å². The highest BCUT2D eigenvalue weighted by molar-refractivity contribution is 7.92. The Bertz CT molecular complexity index is 1160. The van der Waals surface area contributed by atoms with Gasteiger partial charge in [0.05, 0.1) is 11.6 Å². The van der Waals surface area contributed by atoms with Gasteiger partial charge >= 0.3 is 0 Å². The summed E-state index contributed by atoms with van der Waals surface area (Å²) in [7, 11) is -4.01. The lowest BCUT2D eigenvalue weighted by Crippen LogP contribution is -2.16. The third kappa shape index (κ3) is 5.11. The molecule has 0 saturated heterocycles. The molecule has 0 aliphatic heterocycles. The molecule has 0 fully saturated rings. The van der Waals surface area contributed by atoms with Crippen molar-refractivity contribution in [1.29, 1.82) is 0 Å². The second-order valence-electron chi connectivity index (χ2n) is 6.48. The molecule has 0 aromatic heterocycles. The molecule has 0 bridgehead atoms.